The third kappa shape index (κ3) is 11.3. The van der Waals surface area contributed by atoms with Crippen molar-refractivity contribution in [3.8, 4) is 12.1 Å². The van der Waals surface area contributed by atoms with Gasteiger partial charge in [0.1, 0.15) is 17.0 Å². The molecule has 0 aliphatic carbocycles. The molecule has 2 N–H and O–H groups in total. The number of hydrogen-bond donors (Lipinski definition) is 2. The number of aryl methyl sites for hydroxylation is 1. The van der Waals surface area contributed by atoms with Gasteiger partial charge in [0.15, 0.2) is 5.00 Å². The van der Waals surface area contributed by atoms with E-state index in [4.69, 9.17) is 14.6 Å². The van der Waals surface area contributed by atoms with E-state index in [2.05, 4.69) is 34.2 Å². The van der Waals surface area contributed by atoms with E-state index in [9.17, 15) is 15.6 Å². The largest absolute Gasteiger partial charge is 0.394 e. The van der Waals surface area contributed by atoms with Crippen molar-refractivity contribution in [2.75, 3.05) is 51.0 Å². The van der Waals surface area contributed by atoms with E-state index in [1.807, 2.05) is 25.1 Å². The number of hydrogen-bond acceptors (Lipinski definition) is 10. The zero-order chi connectivity index (χ0) is 29.2. The maximum absolute atomic E-state index is 10.3. The molecule has 0 fully saturated rings. The summed E-state index contributed by atoms with van der Waals surface area (Å²) in [4.78, 5) is 2.61. The number of ether oxygens (including phenoxy) is 2. The number of nitriles is 2. The second-order valence-electron chi connectivity index (χ2n) is 9.74. The predicted molar refractivity (Wildman–Crippen MR) is 159 cm³/mol. The van der Waals surface area contributed by atoms with Gasteiger partial charge in [-0.1, -0.05) is 45.4 Å². The molecule has 1 atom stereocenters. The topological polar surface area (TPSA) is 134 Å². The lowest BCUT2D eigenvalue weighted by atomic mass is 10.1. The van der Waals surface area contributed by atoms with Crippen LogP contribution in [0.5, 0.6) is 0 Å². The van der Waals surface area contributed by atoms with Gasteiger partial charge in [-0.05, 0) is 49.6 Å². The van der Waals surface area contributed by atoms with Crippen LogP contribution in [0.4, 0.5) is 16.4 Å². The molecule has 0 amide bonds. The Balaban J connectivity index is 1.97. The highest BCUT2D eigenvalue weighted by molar-refractivity contribution is 7.16. The lowest BCUT2D eigenvalue weighted by Crippen LogP contribution is -2.32. The van der Waals surface area contributed by atoms with Gasteiger partial charge in [-0.2, -0.15) is 10.5 Å². The Kier molecular flexibility index (Phi) is 16.1. The molecule has 1 aromatic carbocycles. The Labute approximate surface area is 242 Å². The summed E-state index contributed by atoms with van der Waals surface area (Å²) in [5.74, 6) is 0. The Morgan fingerprint density at radius 2 is 1.70 bits per heavy atom. The molecule has 0 aliphatic rings. The third-order valence-corrected chi connectivity index (χ3v) is 7.66. The highest BCUT2D eigenvalue weighted by atomic mass is 32.1. The van der Waals surface area contributed by atoms with Gasteiger partial charge in [-0.15, -0.1) is 21.6 Å². The molecule has 1 aromatic heterocycles. The van der Waals surface area contributed by atoms with Gasteiger partial charge in [-0.25, -0.2) is 0 Å². The molecule has 1 heterocycles. The molecule has 0 bridgehead atoms. The summed E-state index contributed by atoms with van der Waals surface area (Å²) in [7, 11) is 0. The van der Waals surface area contributed by atoms with Crippen molar-refractivity contribution in [2.45, 2.75) is 71.8 Å². The molecule has 40 heavy (non-hydrogen) atoms. The van der Waals surface area contributed by atoms with E-state index in [-0.39, 0.29) is 13.2 Å². The first-order valence-electron chi connectivity index (χ1n) is 14.1. The van der Waals surface area contributed by atoms with E-state index in [1.165, 1.54) is 25.7 Å². The lowest BCUT2D eigenvalue weighted by molar-refractivity contribution is 0.0335. The minimum atomic E-state index is -0.447. The van der Waals surface area contributed by atoms with Crippen LogP contribution >= 0.6 is 11.3 Å². The zero-order valence-corrected chi connectivity index (χ0v) is 24.9. The fraction of sp³-hybridized carbons (Fsp3) is 0.600. The number of unbranched alkanes of at least 4 members (excludes halogenated alkanes) is 5. The van der Waals surface area contributed by atoms with E-state index >= 15 is 0 Å². The molecular weight excluding hydrogens is 526 g/mol. The number of benzene rings is 1. The van der Waals surface area contributed by atoms with E-state index < -0.39 is 6.10 Å². The van der Waals surface area contributed by atoms with Crippen molar-refractivity contribution in [1.82, 2.24) is 0 Å². The number of aliphatic hydroxyl groups excluding tert-OH is 2. The highest BCUT2D eigenvalue weighted by Crippen LogP contribution is 2.36. The lowest BCUT2D eigenvalue weighted by Gasteiger charge is -2.25. The summed E-state index contributed by atoms with van der Waals surface area (Å²) in [6.45, 7) is 8.62. The minimum absolute atomic E-state index is 0.0223. The monoisotopic (exact) mass is 569 g/mol. The van der Waals surface area contributed by atoms with Crippen molar-refractivity contribution in [3.05, 3.63) is 39.8 Å². The summed E-state index contributed by atoms with van der Waals surface area (Å²) in [6.07, 6.45) is 7.50. The first-order chi connectivity index (χ1) is 19.4. The fourth-order valence-corrected chi connectivity index (χ4v) is 5.08. The fourth-order valence-electron chi connectivity index (χ4n) is 4.20. The maximum Gasteiger partial charge on any atom is 0.158 e. The molecule has 0 aliphatic heterocycles. The van der Waals surface area contributed by atoms with Gasteiger partial charge in [0.25, 0.3) is 0 Å². The van der Waals surface area contributed by atoms with Crippen molar-refractivity contribution >= 4 is 27.7 Å². The second kappa shape index (κ2) is 19.3. The van der Waals surface area contributed by atoms with Crippen molar-refractivity contribution < 1.29 is 19.7 Å². The van der Waals surface area contributed by atoms with E-state index in [0.717, 1.165) is 41.9 Å². The molecule has 2 aromatic rings. The molecule has 1 unspecified atom stereocenters. The third-order valence-electron chi connectivity index (χ3n) is 6.58. The average Bonchev–Trinajstić information content (AvgIpc) is 3.27. The summed E-state index contributed by atoms with van der Waals surface area (Å²) < 4.78 is 11.3. The Morgan fingerprint density at radius 3 is 2.38 bits per heavy atom. The van der Waals surface area contributed by atoms with Gasteiger partial charge in [-0.3, -0.25) is 0 Å². The maximum atomic E-state index is 10.3. The normalized spacial score (nSPS) is 12.0. The Hall–Kier alpha value is -2.86. The van der Waals surface area contributed by atoms with Crippen LogP contribution in [0.15, 0.2) is 28.4 Å². The van der Waals surface area contributed by atoms with Gasteiger partial charge in [0, 0.05) is 18.8 Å². The molecular formula is C30H43N5O4S. The van der Waals surface area contributed by atoms with Crippen LogP contribution < -0.4 is 4.90 Å². The number of anilines is 1. The summed E-state index contributed by atoms with van der Waals surface area (Å²) >= 11 is 1.16. The van der Waals surface area contributed by atoms with Gasteiger partial charge in [0.2, 0.25) is 0 Å². The van der Waals surface area contributed by atoms with Gasteiger partial charge < -0.3 is 24.6 Å². The average molecular weight is 570 g/mol. The van der Waals surface area contributed by atoms with E-state index in [0.29, 0.717) is 59.6 Å². The molecule has 0 radical (unpaired) electrons. The quantitative estimate of drug-likeness (QED) is 0.138. The van der Waals surface area contributed by atoms with Crippen LogP contribution in [-0.4, -0.2) is 62.4 Å². The van der Waals surface area contributed by atoms with Crippen LogP contribution in [-0.2, 0) is 9.47 Å². The standard InChI is InChI=1S/C30H43N5O4S/c1-4-5-6-7-8-9-10-26(37)22-39-17-14-35(13-16-38-18-15-36)25-11-12-28(23(2)19-25)33-34-30-27(20-31)24(3)29(21-32)40-30/h11-12,19,26,36-37H,4-10,13-18,22H2,1-3H3/b34-33+. The Bertz CT molecular complexity index is 1140. The summed E-state index contributed by atoms with van der Waals surface area (Å²) in [5, 5.41) is 47.0. The van der Waals surface area contributed by atoms with Crippen LogP contribution in [0.1, 0.15) is 73.4 Å². The molecule has 0 saturated carbocycles. The summed E-state index contributed by atoms with van der Waals surface area (Å²) in [5.41, 5.74) is 3.56. The number of aliphatic hydroxyl groups is 2. The van der Waals surface area contributed by atoms with Crippen LogP contribution in [0.25, 0.3) is 0 Å². The molecule has 2 rings (SSSR count). The van der Waals surface area contributed by atoms with Crippen LogP contribution in [0.2, 0.25) is 0 Å². The first-order valence-corrected chi connectivity index (χ1v) is 14.9. The second-order valence-corrected chi connectivity index (χ2v) is 10.7. The summed E-state index contributed by atoms with van der Waals surface area (Å²) in [6, 6.07) is 10.1. The molecule has 10 heteroatoms. The first kappa shape index (κ1) is 33.3. The van der Waals surface area contributed by atoms with Crippen molar-refractivity contribution in [3.63, 3.8) is 0 Å². The van der Waals surface area contributed by atoms with Crippen molar-refractivity contribution in [2.24, 2.45) is 10.2 Å². The van der Waals surface area contributed by atoms with Gasteiger partial charge in [0.05, 0.1) is 50.4 Å². The Morgan fingerprint density at radius 1 is 0.975 bits per heavy atom. The minimum Gasteiger partial charge on any atom is -0.394 e. The molecule has 218 valence electrons. The molecule has 0 saturated heterocycles. The van der Waals surface area contributed by atoms with Gasteiger partial charge >= 0.3 is 0 Å². The number of nitrogens with zero attached hydrogens (tertiary/aromatic N) is 5. The zero-order valence-electron chi connectivity index (χ0n) is 24.1. The highest BCUT2D eigenvalue weighted by Gasteiger charge is 2.15. The number of rotatable bonds is 20. The SMILES string of the molecule is CCCCCCCCC(O)COCCN(CCOCCO)c1ccc(/N=N/c2sc(C#N)c(C)c2C#N)c(C)c1. The smallest absolute Gasteiger partial charge is 0.158 e. The van der Waals surface area contributed by atoms with Crippen LogP contribution in [0, 0.1) is 36.5 Å². The van der Waals surface area contributed by atoms with E-state index in [1.54, 1.807) is 6.92 Å². The molecule has 0 spiro atoms. The van der Waals surface area contributed by atoms with Crippen molar-refractivity contribution in [1.29, 1.82) is 10.5 Å². The molecule has 9 nitrogen and oxygen atoms in total. The number of thiophene rings is 1. The predicted octanol–water partition coefficient (Wildman–Crippen LogP) is 6.47. The number of azo groups is 1. The van der Waals surface area contributed by atoms with Crippen LogP contribution in [0.3, 0.4) is 0 Å².